The van der Waals surface area contributed by atoms with E-state index in [4.69, 9.17) is 4.42 Å². The third-order valence-electron chi connectivity index (χ3n) is 13.0. The fraction of sp³-hybridized carbons (Fsp3) is 0.158. The Morgan fingerprint density at radius 2 is 0.983 bits per heavy atom. The van der Waals surface area contributed by atoms with E-state index in [0.717, 1.165) is 33.3 Å². The first-order chi connectivity index (χ1) is 28.5. The standard InChI is InChI=1S/C57H47NO/c1-55(2,3)38-26-30-46-49(32-38)57(47-21-13-10-18-42(47)43-19-11-14-22-48(43)57)50-33-39(56(4,5)6)34-51(54(46)50)58(40-27-24-37(25-28-40)36-16-8-7-9-17-36)41-29-31-45-44-20-12-15-23-52(44)59-53(45)35-41/h7-35H,1-6H3. The maximum Gasteiger partial charge on any atom is 0.137 e. The van der Waals surface area contributed by atoms with Crippen molar-refractivity contribution >= 4 is 39.0 Å². The van der Waals surface area contributed by atoms with Crippen LogP contribution in [0, 0.1) is 0 Å². The lowest BCUT2D eigenvalue weighted by atomic mass is 9.68. The van der Waals surface area contributed by atoms with Gasteiger partial charge in [0.2, 0.25) is 0 Å². The molecule has 0 saturated heterocycles. The number of hydrogen-bond acceptors (Lipinski definition) is 2. The van der Waals surface area contributed by atoms with E-state index in [2.05, 4.69) is 216 Å². The number of rotatable bonds is 4. The number of anilines is 3. The molecule has 0 saturated carbocycles. The topological polar surface area (TPSA) is 16.4 Å². The number of nitrogens with zero attached hydrogens (tertiary/aromatic N) is 1. The van der Waals surface area contributed by atoms with Crippen LogP contribution in [-0.4, -0.2) is 0 Å². The summed E-state index contributed by atoms with van der Waals surface area (Å²) in [6.45, 7) is 14.0. The SMILES string of the molecule is CC(C)(C)c1ccc2c(c1)C1(c3ccccc3-c3ccccc31)c1cc(C(C)(C)C)cc(N(c3ccc(-c4ccccc4)cc3)c3ccc4c(c3)oc3ccccc34)c1-2. The summed E-state index contributed by atoms with van der Waals surface area (Å²) in [7, 11) is 0. The van der Waals surface area contributed by atoms with Crippen molar-refractivity contribution in [1.82, 2.24) is 0 Å². The minimum Gasteiger partial charge on any atom is -0.456 e. The van der Waals surface area contributed by atoms with E-state index in [9.17, 15) is 0 Å². The van der Waals surface area contributed by atoms with Crippen LogP contribution in [0.5, 0.6) is 0 Å². The zero-order chi connectivity index (χ0) is 40.3. The van der Waals surface area contributed by atoms with Crippen LogP contribution in [-0.2, 0) is 16.2 Å². The summed E-state index contributed by atoms with van der Waals surface area (Å²) in [5.74, 6) is 0. The second-order valence-corrected chi connectivity index (χ2v) is 18.5. The van der Waals surface area contributed by atoms with Crippen LogP contribution in [0.3, 0.4) is 0 Å². The summed E-state index contributed by atoms with van der Waals surface area (Å²) in [5, 5.41) is 2.25. The Bertz CT molecular complexity index is 3070. The highest BCUT2D eigenvalue weighted by molar-refractivity contribution is 6.07. The third-order valence-corrected chi connectivity index (χ3v) is 13.0. The van der Waals surface area contributed by atoms with Crippen LogP contribution in [0.1, 0.15) is 74.9 Å². The smallest absolute Gasteiger partial charge is 0.137 e. The number of para-hydroxylation sites is 1. The monoisotopic (exact) mass is 761 g/mol. The zero-order valence-corrected chi connectivity index (χ0v) is 34.6. The van der Waals surface area contributed by atoms with Crippen molar-refractivity contribution in [2.75, 3.05) is 4.90 Å². The first-order valence-electron chi connectivity index (χ1n) is 20.9. The van der Waals surface area contributed by atoms with Gasteiger partial charge in [0.25, 0.3) is 0 Å². The average Bonchev–Trinajstić information content (AvgIpc) is 3.87. The Balaban J connectivity index is 1.26. The van der Waals surface area contributed by atoms with E-state index < -0.39 is 5.41 Å². The lowest BCUT2D eigenvalue weighted by Crippen LogP contribution is -2.27. The predicted octanol–water partition coefficient (Wildman–Crippen LogP) is 15.7. The molecule has 0 aliphatic heterocycles. The van der Waals surface area contributed by atoms with Gasteiger partial charge in [-0.2, -0.15) is 0 Å². The Hall–Kier alpha value is -6.64. The van der Waals surface area contributed by atoms with Gasteiger partial charge in [0.15, 0.2) is 0 Å². The van der Waals surface area contributed by atoms with Crippen molar-refractivity contribution in [3.63, 3.8) is 0 Å². The molecule has 1 aromatic heterocycles. The molecule has 11 rings (SSSR count). The summed E-state index contributed by atoms with van der Waals surface area (Å²) in [4.78, 5) is 2.49. The minimum atomic E-state index is -0.499. The molecule has 0 atom stereocenters. The average molecular weight is 762 g/mol. The molecule has 1 heterocycles. The molecule has 0 fully saturated rings. The quantitative estimate of drug-likeness (QED) is 0.178. The summed E-state index contributed by atoms with van der Waals surface area (Å²) in [5.41, 5.74) is 20.0. The van der Waals surface area contributed by atoms with Gasteiger partial charge >= 0.3 is 0 Å². The molecule has 2 nitrogen and oxygen atoms in total. The largest absolute Gasteiger partial charge is 0.456 e. The van der Waals surface area contributed by atoms with Crippen molar-refractivity contribution in [3.05, 3.63) is 209 Å². The van der Waals surface area contributed by atoms with E-state index in [1.165, 1.54) is 72.4 Å². The van der Waals surface area contributed by atoms with Gasteiger partial charge in [-0.1, -0.05) is 175 Å². The number of fused-ring (bicyclic) bond motifs is 13. The normalized spacial score (nSPS) is 13.7. The van der Waals surface area contributed by atoms with Crippen LogP contribution < -0.4 is 4.90 Å². The fourth-order valence-corrected chi connectivity index (χ4v) is 10.0. The van der Waals surface area contributed by atoms with Crippen LogP contribution in [0.25, 0.3) is 55.3 Å². The van der Waals surface area contributed by atoms with Crippen LogP contribution >= 0.6 is 0 Å². The van der Waals surface area contributed by atoms with Crippen molar-refractivity contribution < 1.29 is 4.42 Å². The minimum absolute atomic E-state index is 0.0312. The predicted molar refractivity (Wildman–Crippen MR) is 248 cm³/mol. The summed E-state index contributed by atoms with van der Waals surface area (Å²) in [6, 6.07) is 65.5. The number of benzene rings is 8. The van der Waals surface area contributed by atoms with Crippen molar-refractivity contribution in [2.24, 2.45) is 0 Å². The van der Waals surface area contributed by atoms with E-state index in [-0.39, 0.29) is 10.8 Å². The molecule has 0 unspecified atom stereocenters. The molecule has 1 spiro atoms. The number of furan rings is 1. The molecule has 2 heteroatoms. The summed E-state index contributed by atoms with van der Waals surface area (Å²) in [6.07, 6.45) is 0. The third kappa shape index (κ3) is 5.25. The van der Waals surface area contributed by atoms with Gasteiger partial charge in [-0.3, -0.25) is 0 Å². The second-order valence-electron chi connectivity index (χ2n) is 18.5. The highest BCUT2D eigenvalue weighted by Gasteiger charge is 2.53. The molecule has 0 N–H and O–H groups in total. The van der Waals surface area contributed by atoms with Gasteiger partial charge in [-0.05, 0) is 108 Å². The second kappa shape index (κ2) is 12.7. The van der Waals surface area contributed by atoms with E-state index in [1.54, 1.807) is 0 Å². The van der Waals surface area contributed by atoms with Crippen LogP contribution in [0.4, 0.5) is 17.1 Å². The molecule has 0 amide bonds. The molecular weight excluding hydrogens is 715 g/mol. The molecule has 286 valence electrons. The van der Waals surface area contributed by atoms with Gasteiger partial charge in [-0.15, -0.1) is 0 Å². The first-order valence-corrected chi connectivity index (χ1v) is 20.9. The summed E-state index contributed by atoms with van der Waals surface area (Å²) < 4.78 is 6.59. The Kier molecular flexibility index (Phi) is 7.63. The molecule has 59 heavy (non-hydrogen) atoms. The molecular formula is C57H47NO. The van der Waals surface area contributed by atoms with Gasteiger partial charge < -0.3 is 9.32 Å². The molecule has 9 aromatic rings. The zero-order valence-electron chi connectivity index (χ0n) is 34.6. The van der Waals surface area contributed by atoms with Gasteiger partial charge in [0, 0.05) is 33.8 Å². The Labute approximate surface area is 347 Å². The van der Waals surface area contributed by atoms with Gasteiger partial charge in [0.1, 0.15) is 11.2 Å². The maximum atomic E-state index is 6.59. The highest BCUT2D eigenvalue weighted by Crippen LogP contribution is 2.65. The lowest BCUT2D eigenvalue weighted by Gasteiger charge is -2.34. The first kappa shape index (κ1) is 35.5. The van der Waals surface area contributed by atoms with Gasteiger partial charge in [-0.25, -0.2) is 0 Å². The fourth-order valence-electron chi connectivity index (χ4n) is 10.0. The van der Waals surface area contributed by atoms with Crippen molar-refractivity contribution in [1.29, 1.82) is 0 Å². The van der Waals surface area contributed by atoms with Crippen LogP contribution in [0.15, 0.2) is 180 Å². The summed E-state index contributed by atoms with van der Waals surface area (Å²) >= 11 is 0. The maximum absolute atomic E-state index is 6.59. The highest BCUT2D eigenvalue weighted by atomic mass is 16.3. The van der Waals surface area contributed by atoms with E-state index >= 15 is 0 Å². The Morgan fingerprint density at radius 3 is 1.68 bits per heavy atom. The molecule has 2 aliphatic carbocycles. The lowest BCUT2D eigenvalue weighted by molar-refractivity contribution is 0.586. The Morgan fingerprint density at radius 1 is 0.407 bits per heavy atom. The molecule has 0 bridgehead atoms. The number of hydrogen-bond donors (Lipinski definition) is 0. The van der Waals surface area contributed by atoms with Crippen molar-refractivity contribution in [2.45, 2.75) is 57.8 Å². The van der Waals surface area contributed by atoms with E-state index in [0.29, 0.717) is 0 Å². The molecule has 0 radical (unpaired) electrons. The van der Waals surface area contributed by atoms with Gasteiger partial charge in [0.05, 0.1) is 11.1 Å². The van der Waals surface area contributed by atoms with E-state index in [1.807, 2.05) is 6.07 Å². The van der Waals surface area contributed by atoms with Crippen LogP contribution in [0.2, 0.25) is 0 Å². The molecule has 8 aromatic carbocycles. The van der Waals surface area contributed by atoms with Crippen molar-refractivity contribution in [3.8, 4) is 33.4 Å². The molecule has 2 aliphatic rings.